The first kappa shape index (κ1) is 23.4. The van der Waals surface area contributed by atoms with Gasteiger partial charge >= 0.3 is 0 Å². The van der Waals surface area contributed by atoms with Gasteiger partial charge in [0.25, 0.3) is 0 Å². The van der Waals surface area contributed by atoms with E-state index in [1.165, 1.54) is 12.2 Å². The van der Waals surface area contributed by atoms with E-state index in [0.29, 0.717) is 23.3 Å². The average molecular weight is 473 g/mol. The van der Waals surface area contributed by atoms with Crippen molar-refractivity contribution in [3.8, 4) is 5.75 Å². The second-order valence-electron chi connectivity index (χ2n) is 8.34. The molecule has 174 valence electrons. The Labute approximate surface area is 196 Å². The second-order valence-corrected chi connectivity index (χ2v) is 8.75. The van der Waals surface area contributed by atoms with Gasteiger partial charge in [-0.05, 0) is 24.6 Å². The van der Waals surface area contributed by atoms with Gasteiger partial charge in [-0.25, -0.2) is 4.39 Å². The number of hydrogen-bond donors (Lipinski definition) is 3. The quantitative estimate of drug-likeness (QED) is 0.574. The topological polar surface area (TPSA) is 108 Å². The van der Waals surface area contributed by atoms with Gasteiger partial charge in [-0.15, -0.1) is 0 Å². The van der Waals surface area contributed by atoms with Gasteiger partial charge in [-0.1, -0.05) is 54.1 Å². The van der Waals surface area contributed by atoms with E-state index in [2.05, 4.69) is 0 Å². The third-order valence-corrected chi connectivity index (χ3v) is 6.30. The number of hydrogen-bond acceptors (Lipinski definition) is 5. The van der Waals surface area contributed by atoms with Crippen molar-refractivity contribution < 1.29 is 23.8 Å². The molecule has 1 amide bonds. The van der Waals surface area contributed by atoms with E-state index in [1.807, 2.05) is 30.3 Å². The molecule has 5 N–H and O–H groups in total. The zero-order chi connectivity index (χ0) is 23.8. The molecule has 8 heteroatoms. The first-order chi connectivity index (χ1) is 15.8. The van der Waals surface area contributed by atoms with Crippen LogP contribution in [0.2, 0.25) is 5.02 Å². The molecule has 2 aliphatic rings. The van der Waals surface area contributed by atoms with Crippen molar-refractivity contribution >= 4 is 23.1 Å². The lowest BCUT2D eigenvalue weighted by atomic mass is 9.82. The summed E-state index contributed by atoms with van der Waals surface area (Å²) in [5.41, 5.74) is 12.9. The Balaban J connectivity index is 1.83. The summed E-state index contributed by atoms with van der Waals surface area (Å²) >= 11 is 6.59. The van der Waals surface area contributed by atoms with Crippen molar-refractivity contribution in [1.82, 2.24) is 0 Å². The standard InChI is InChI=1S/C25H26ClFN2O4/c1-14(30)12-32-20-9-7-16(24(29)31)22(23(20)27)21-17-11-25(13-28,15-5-3-2-4-6-15)33-19(17)10-8-18(21)26/h2-10,14,20,23,30H,11-13,28H2,1H3,(H2,29,31)/t14-,20?,23?,25-/m1/s1. The summed E-state index contributed by atoms with van der Waals surface area (Å²) in [6, 6.07) is 12.9. The molecular formula is C25H26ClFN2O4. The molecular weight excluding hydrogens is 447 g/mol. The minimum atomic E-state index is -1.73. The number of carbonyl (C=O) groups is 1. The van der Waals surface area contributed by atoms with E-state index in [4.69, 9.17) is 32.5 Å². The normalized spacial score (nSPS) is 25.0. The van der Waals surface area contributed by atoms with Gasteiger partial charge in [0, 0.05) is 40.3 Å². The predicted molar refractivity (Wildman–Crippen MR) is 125 cm³/mol. The van der Waals surface area contributed by atoms with Gasteiger partial charge in [0.1, 0.15) is 11.9 Å². The first-order valence-electron chi connectivity index (χ1n) is 10.7. The number of aliphatic hydroxyl groups is 1. The van der Waals surface area contributed by atoms with Crippen LogP contribution in [0.5, 0.6) is 5.75 Å². The lowest BCUT2D eigenvalue weighted by molar-refractivity contribution is -0.114. The summed E-state index contributed by atoms with van der Waals surface area (Å²) < 4.78 is 27.7. The molecule has 0 radical (unpaired) electrons. The summed E-state index contributed by atoms with van der Waals surface area (Å²) in [6.45, 7) is 1.66. The molecule has 4 rings (SSSR count). The number of fused-ring (bicyclic) bond motifs is 1. The molecule has 0 saturated heterocycles. The number of carbonyl (C=O) groups excluding carboxylic acids is 1. The fraction of sp³-hybridized carbons (Fsp3) is 0.320. The van der Waals surface area contributed by atoms with E-state index in [1.54, 1.807) is 19.1 Å². The molecule has 0 aromatic heterocycles. The molecule has 0 saturated carbocycles. The van der Waals surface area contributed by atoms with Gasteiger partial charge < -0.3 is 26.0 Å². The largest absolute Gasteiger partial charge is 0.481 e. The molecule has 0 fully saturated rings. The van der Waals surface area contributed by atoms with Gasteiger partial charge in [0.15, 0.2) is 11.8 Å². The van der Waals surface area contributed by atoms with Crippen LogP contribution in [0.15, 0.2) is 60.2 Å². The third-order valence-electron chi connectivity index (χ3n) is 5.99. The van der Waals surface area contributed by atoms with Crippen molar-refractivity contribution in [2.75, 3.05) is 13.2 Å². The fourth-order valence-corrected chi connectivity index (χ4v) is 4.68. The number of benzene rings is 2. The summed E-state index contributed by atoms with van der Waals surface area (Å²) in [7, 11) is 0. The van der Waals surface area contributed by atoms with Crippen LogP contribution in [0.25, 0.3) is 5.57 Å². The Morgan fingerprint density at radius 1 is 1.33 bits per heavy atom. The highest BCUT2D eigenvalue weighted by atomic mass is 35.5. The molecule has 4 atom stereocenters. The van der Waals surface area contributed by atoms with Crippen LogP contribution in [0, 0.1) is 0 Å². The maximum absolute atomic E-state index is 15.9. The van der Waals surface area contributed by atoms with Gasteiger partial charge in [0.2, 0.25) is 5.91 Å². The second kappa shape index (κ2) is 9.27. The minimum Gasteiger partial charge on any atom is -0.481 e. The van der Waals surface area contributed by atoms with Crippen molar-refractivity contribution in [3.63, 3.8) is 0 Å². The number of nitrogens with two attached hydrogens (primary N) is 2. The van der Waals surface area contributed by atoms with Gasteiger partial charge in [-0.3, -0.25) is 4.79 Å². The highest BCUT2D eigenvalue weighted by Crippen LogP contribution is 2.48. The lowest BCUT2D eigenvalue weighted by Crippen LogP contribution is -2.39. The van der Waals surface area contributed by atoms with Crippen molar-refractivity contribution in [3.05, 3.63) is 81.9 Å². The number of alkyl halides is 1. The average Bonchev–Trinajstić information content (AvgIpc) is 3.19. The third kappa shape index (κ3) is 4.29. The number of rotatable bonds is 7. The molecule has 0 spiro atoms. The molecule has 2 aromatic rings. The SMILES string of the molecule is C[C@@H](O)COC1C=CC(C(N)=O)=C(c2c(Cl)ccc3c2C[C@@](CN)(c2ccccc2)O3)C1F. The Hall–Kier alpha value is -2.71. The molecule has 1 aliphatic heterocycles. The zero-order valence-corrected chi connectivity index (χ0v) is 18.9. The van der Waals surface area contributed by atoms with Crippen LogP contribution in [0.1, 0.15) is 23.6 Å². The highest BCUT2D eigenvalue weighted by Gasteiger charge is 2.44. The van der Waals surface area contributed by atoms with Crippen LogP contribution in [0.3, 0.4) is 0 Å². The lowest BCUT2D eigenvalue weighted by Gasteiger charge is -2.28. The van der Waals surface area contributed by atoms with E-state index in [0.717, 1.165) is 5.56 Å². The Kier molecular flexibility index (Phi) is 6.59. The molecule has 1 aliphatic carbocycles. The number of halogens is 2. The van der Waals surface area contributed by atoms with Crippen LogP contribution in [-0.2, 0) is 21.6 Å². The molecule has 1 heterocycles. The molecule has 33 heavy (non-hydrogen) atoms. The summed E-state index contributed by atoms with van der Waals surface area (Å²) in [6.07, 6.45) is -0.309. The highest BCUT2D eigenvalue weighted by molar-refractivity contribution is 6.33. The van der Waals surface area contributed by atoms with Gasteiger partial charge in [0.05, 0.1) is 12.7 Å². The van der Waals surface area contributed by atoms with Gasteiger partial charge in [-0.2, -0.15) is 0 Å². The van der Waals surface area contributed by atoms with Crippen LogP contribution < -0.4 is 16.2 Å². The fourth-order valence-electron chi connectivity index (χ4n) is 4.40. The van der Waals surface area contributed by atoms with Crippen LogP contribution in [0.4, 0.5) is 4.39 Å². The number of aliphatic hydroxyl groups excluding tert-OH is 1. The maximum atomic E-state index is 15.9. The number of primary amides is 1. The first-order valence-corrected chi connectivity index (χ1v) is 11.1. The van der Waals surface area contributed by atoms with Crippen molar-refractivity contribution in [2.24, 2.45) is 11.5 Å². The molecule has 0 bridgehead atoms. The maximum Gasteiger partial charge on any atom is 0.249 e. The Morgan fingerprint density at radius 2 is 2.06 bits per heavy atom. The summed E-state index contributed by atoms with van der Waals surface area (Å²) in [5.74, 6) is -0.262. The minimum absolute atomic E-state index is 0.0136. The summed E-state index contributed by atoms with van der Waals surface area (Å²) in [5, 5.41) is 9.81. The molecule has 6 nitrogen and oxygen atoms in total. The Bertz CT molecular complexity index is 1120. The van der Waals surface area contributed by atoms with E-state index in [9.17, 15) is 9.90 Å². The number of amides is 1. The van der Waals surface area contributed by atoms with Crippen LogP contribution >= 0.6 is 11.6 Å². The van der Waals surface area contributed by atoms with E-state index < -0.39 is 29.9 Å². The molecule has 2 unspecified atom stereocenters. The van der Waals surface area contributed by atoms with Crippen molar-refractivity contribution in [1.29, 1.82) is 0 Å². The summed E-state index contributed by atoms with van der Waals surface area (Å²) in [4.78, 5) is 12.2. The smallest absolute Gasteiger partial charge is 0.249 e. The predicted octanol–water partition coefficient (Wildman–Crippen LogP) is 3.04. The monoisotopic (exact) mass is 472 g/mol. The molecule has 2 aromatic carbocycles. The number of ether oxygens (including phenoxy) is 2. The Morgan fingerprint density at radius 3 is 2.70 bits per heavy atom. The van der Waals surface area contributed by atoms with E-state index >= 15 is 4.39 Å². The zero-order valence-electron chi connectivity index (χ0n) is 18.1. The van der Waals surface area contributed by atoms with E-state index in [-0.39, 0.29) is 29.3 Å². The van der Waals surface area contributed by atoms with Crippen LogP contribution in [-0.4, -0.2) is 42.5 Å². The van der Waals surface area contributed by atoms with Crippen molar-refractivity contribution in [2.45, 2.75) is 37.3 Å².